The summed E-state index contributed by atoms with van der Waals surface area (Å²) in [5.74, 6) is -1.54. The number of ether oxygens (including phenoxy) is 1. The summed E-state index contributed by atoms with van der Waals surface area (Å²) in [5.41, 5.74) is 3.74. The fourth-order valence-electron chi connectivity index (χ4n) is 4.20. The lowest BCUT2D eigenvalue weighted by Crippen LogP contribution is -2.33. The molecule has 0 aromatic heterocycles. The van der Waals surface area contributed by atoms with Gasteiger partial charge in [0.05, 0.1) is 23.2 Å². The van der Waals surface area contributed by atoms with Crippen LogP contribution in [0.15, 0.2) is 72.8 Å². The lowest BCUT2D eigenvalue weighted by Gasteiger charge is -2.17. The van der Waals surface area contributed by atoms with Crippen molar-refractivity contribution in [1.82, 2.24) is 4.90 Å². The average Bonchev–Trinajstić information content (AvgIpc) is 3.38. The molecule has 2 aliphatic rings. The Bertz CT molecular complexity index is 1250. The van der Waals surface area contributed by atoms with Crippen LogP contribution in [0.2, 0.25) is 0 Å². The van der Waals surface area contributed by atoms with Gasteiger partial charge in [0.2, 0.25) is 0 Å². The van der Waals surface area contributed by atoms with E-state index in [2.05, 4.69) is 0 Å². The van der Waals surface area contributed by atoms with Crippen LogP contribution in [0.3, 0.4) is 0 Å². The summed E-state index contributed by atoms with van der Waals surface area (Å²) in [7, 11) is 0. The van der Waals surface area contributed by atoms with E-state index in [0.29, 0.717) is 23.2 Å². The highest BCUT2D eigenvalue weighted by Gasteiger charge is 2.35. The molecule has 0 fully saturated rings. The van der Waals surface area contributed by atoms with Gasteiger partial charge in [0.1, 0.15) is 0 Å². The van der Waals surface area contributed by atoms with Gasteiger partial charge >= 0.3 is 5.97 Å². The molecule has 0 N–H and O–H groups in total. The zero-order valence-corrected chi connectivity index (χ0v) is 17.7. The number of hydrogen-bond acceptors (Lipinski definition) is 5. The van der Waals surface area contributed by atoms with Gasteiger partial charge in [0.25, 0.3) is 17.7 Å². The second kappa shape index (κ2) is 8.35. The maximum absolute atomic E-state index is 12.5. The van der Waals surface area contributed by atoms with Crippen molar-refractivity contribution in [2.75, 3.05) is 18.1 Å². The van der Waals surface area contributed by atoms with Gasteiger partial charge in [-0.25, -0.2) is 4.79 Å². The average molecular weight is 440 g/mol. The van der Waals surface area contributed by atoms with Crippen molar-refractivity contribution in [3.63, 3.8) is 0 Å². The molecule has 7 heteroatoms. The van der Waals surface area contributed by atoms with Crippen LogP contribution in [0.1, 0.15) is 42.2 Å². The van der Waals surface area contributed by atoms with Crippen LogP contribution in [0.5, 0.6) is 0 Å². The number of carbonyl (C=O) groups is 4. The molecular formula is C26H20N2O5. The Morgan fingerprint density at radius 1 is 0.818 bits per heavy atom. The number of para-hydroxylation sites is 1. The van der Waals surface area contributed by atoms with Crippen molar-refractivity contribution in [3.05, 3.63) is 101 Å². The number of anilines is 1. The Hall–Kier alpha value is -4.26. The van der Waals surface area contributed by atoms with Crippen LogP contribution in [0.25, 0.3) is 0 Å². The van der Waals surface area contributed by atoms with Gasteiger partial charge in [0, 0.05) is 12.2 Å². The largest absolute Gasteiger partial charge is 0.452 e. The number of carbonyl (C=O) groups excluding carboxylic acids is 4. The Morgan fingerprint density at radius 2 is 1.45 bits per heavy atom. The maximum Gasteiger partial charge on any atom is 0.338 e. The number of benzene rings is 3. The van der Waals surface area contributed by atoms with Crippen LogP contribution in [-0.4, -0.2) is 41.7 Å². The van der Waals surface area contributed by atoms with Crippen LogP contribution >= 0.6 is 0 Å². The molecule has 0 unspecified atom stereocenters. The number of hydrogen-bond donors (Lipinski definition) is 0. The predicted octanol–water partition coefficient (Wildman–Crippen LogP) is 3.23. The van der Waals surface area contributed by atoms with Crippen molar-refractivity contribution in [2.45, 2.75) is 13.0 Å². The van der Waals surface area contributed by atoms with Crippen LogP contribution in [0, 0.1) is 0 Å². The van der Waals surface area contributed by atoms with E-state index in [4.69, 9.17) is 4.74 Å². The van der Waals surface area contributed by atoms with E-state index >= 15 is 0 Å². The Balaban J connectivity index is 1.19. The number of nitrogens with zero attached hydrogens (tertiary/aromatic N) is 2. The first kappa shape index (κ1) is 20.6. The summed E-state index contributed by atoms with van der Waals surface area (Å²) in [6, 6.07) is 20.8. The molecule has 3 aromatic rings. The van der Waals surface area contributed by atoms with E-state index in [1.165, 1.54) is 4.90 Å². The predicted molar refractivity (Wildman–Crippen MR) is 120 cm³/mol. The molecule has 164 valence electrons. The normalized spacial score (nSPS) is 14.3. The lowest BCUT2D eigenvalue weighted by molar-refractivity contribution is -0.121. The van der Waals surface area contributed by atoms with E-state index in [1.54, 1.807) is 53.4 Å². The first-order valence-electron chi connectivity index (χ1n) is 10.6. The quantitative estimate of drug-likeness (QED) is 0.449. The van der Waals surface area contributed by atoms with Gasteiger partial charge in [-0.2, -0.15) is 0 Å². The topological polar surface area (TPSA) is 84.0 Å². The lowest BCUT2D eigenvalue weighted by atomic mass is 10.1. The van der Waals surface area contributed by atoms with Crippen LogP contribution in [-0.2, 0) is 22.5 Å². The van der Waals surface area contributed by atoms with Crippen molar-refractivity contribution in [3.8, 4) is 0 Å². The summed E-state index contributed by atoms with van der Waals surface area (Å²) in [5, 5.41) is 0. The Labute approximate surface area is 190 Å². The zero-order chi connectivity index (χ0) is 22.9. The number of fused-ring (bicyclic) bond motifs is 2. The van der Waals surface area contributed by atoms with Gasteiger partial charge < -0.3 is 9.64 Å². The minimum Gasteiger partial charge on any atom is -0.452 e. The second-order valence-corrected chi connectivity index (χ2v) is 7.94. The third-order valence-electron chi connectivity index (χ3n) is 5.92. The molecule has 33 heavy (non-hydrogen) atoms. The Kier molecular flexibility index (Phi) is 5.22. The summed E-state index contributed by atoms with van der Waals surface area (Å²) in [6.07, 6.45) is 0.782. The zero-order valence-electron chi connectivity index (χ0n) is 17.7. The first-order chi connectivity index (χ1) is 16.0. The van der Waals surface area contributed by atoms with E-state index in [1.807, 2.05) is 24.3 Å². The fourth-order valence-corrected chi connectivity index (χ4v) is 4.20. The highest BCUT2D eigenvalue weighted by Crippen LogP contribution is 2.27. The van der Waals surface area contributed by atoms with Crippen LogP contribution < -0.4 is 4.90 Å². The van der Waals surface area contributed by atoms with E-state index in [-0.39, 0.29) is 36.4 Å². The monoisotopic (exact) mass is 440 g/mol. The standard InChI is InChI=1S/C26H20N2O5/c29-23(27-14-13-18-5-1-4-8-22(18)27)16-33-26(32)19-11-9-17(10-12-19)15-28-24(30)20-6-2-3-7-21(20)25(28)31/h1-12H,13-16H2. The molecule has 3 aromatic carbocycles. The summed E-state index contributed by atoms with van der Waals surface area (Å²) < 4.78 is 5.22. The third kappa shape index (κ3) is 3.78. The van der Waals surface area contributed by atoms with Gasteiger partial charge in [-0.1, -0.05) is 42.5 Å². The van der Waals surface area contributed by atoms with E-state index in [0.717, 1.165) is 17.7 Å². The molecule has 7 nitrogen and oxygen atoms in total. The van der Waals surface area contributed by atoms with Crippen molar-refractivity contribution in [2.24, 2.45) is 0 Å². The molecule has 2 heterocycles. The minimum absolute atomic E-state index is 0.106. The van der Waals surface area contributed by atoms with Gasteiger partial charge in [-0.05, 0) is 47.9 Å². The molecule has 0 atom stereocenters. The third-order valence-corrected chi connectivity index (χ3v) is 5.92. The van der Waals surface area contributed by atoms with E-state index in [9.17, 15) is 19.2 Å². The van der Waals surface area contributed by atoms with Gasteiger partial charge in [-0.3, -0.25) is 19.3 Å². The molecule has 0 spiro atoms. The molecule has 0 radical (unpaired) electrons. The maximum atomic E-state index is 12.5. The second-order valence-electron chi connectivity index (χ2n) is 7.94. The summed E-state index contributed by atoms with van der Waals surface area (Å²) >= 11 is 0. The highest BCUT2D eigenvalue weighted by molar-refractivity contribution is 6.21. The minimum atomic E-state index is -0.608. The fraction of sp³-hybridized carbons (Fsp3) is 0.154. The summed E-state index contributed by atoms with van der Waals surface area (Å²) in [6.45, 7) is 0.334. The van der Waals surface area contributed by atoms with Crippen molar-refractivity contribution >= 4 is 29.4 Å². The van der Waals surface area contributed by atoms with Gasteiger partial charge in [0.15, 0.2) is 6.61 Å². The number of esters is 1. The van der Waals surface area contributed by atoms with Crippen molar-refractivity contribution in [1.29, 1.82) is 0 Å². The molecule has 3 amide bonds. The van der Waals surface area contributed by atoms with E-state index < -0.39 is 5.97 Å². The molecule has 0 aliphatic carbocycles. The number of rotatable bonds is 5. The number of amides is 3. The summed E-state index contributed by atoms with van der Waals surface area (Å²) in [4.78, 5) is 52.8. The molecule has 0 saturated heterocycles. The molecular weight excluding hydrogens is 420 g/mol. The van der Waals surface area contributed by atoms with Gasteiger partial charge in [-0.15, -0.1) is 0 Å². The van der Waals surface area contributed by atoms with Crippen molar-refractivity contribution < 1.29 is 23.9 Å². The highest BCUT2D eigenvalue weighted by atomic mass is 16.5. The molecule has 2 aliphatic heterocycles. The SMILES string of the molecule is O=C(OCC(=O)N1CCc2ccccc21)c1ccc(CN2C(=O)c3ccccc3C2=O)cc1. The number of imide groups is 1. The molecule has 0 bridgehead atoms. The smallest absolute Gasteiger partial charge is 0.338 e. The molecule has 5 rings (SSSR count). The first-order valence-corrected chi connectivity index (χ1v) is 10.6. The Morgan fingerprint density at radius 3 is 2.15 bits per heavy atom. The van der Waals surface area contributed by atoms with Crippen LogP contribution in [0.4, 0.5) is 5.69 Å². The molecule has 0 saturated carbocycles.